The largest absolute Gasteiger partial charge is 0.458 e. The maximum Gasteiger partial charge on any atom is 0.330 e. The fourth-order valence-electron chi connectivity index (χ4n) is 6.34. The average molecular weight is 310 g/mol. The monoisotopic (exact) mass is 310 g/mol. The van der Waals surface area contributed by atoms with Crippen molar-refractivity contribution >= 4 is 5.97 Å². The molecule has 2 heteroatoms. The van der Waals surface area contributed by atoms with Crippen molar-refractivity contribution in [1.82, 2.24) is 0 Å². The highest BCUT2D eigenvalue weighted by Crippen LogP contribution is 2.75. The topological polar surface area (TPSA) is 26.3 Å². The molecule has 0 amide bonds. The lowest BCUT2D eigenvalue weighted by atomic mass is 9.66. The summed E-state index contributed by atoms with van der Waals surface area (Å²) in [5, 5.41) is 0. The molecule has 0 heterocycles. The second kappa shape index (κ2) is 4.49. The van der Waals surface area contributed by atoms with Gasteiger partial charge in [-0.3, -0.25) is 0 Å². The first-order chi connectivity index (χ1) is 10.8. The lowest BCUT2D eigenvalue weighted by Gasteiger charge is -2.44. The minimum Gasteiger partial charge on any atom is -0.458 e. The molecule has 0 radical (unpaired) electrons. The Labute approximate surface area is 138 Å². The zero-order valence-corrected chi connectivity index (χ0v) is 14.4. The Kier molecular flexibility index (Phi) is 2.93. The summed E-state index contributed by atoms with van der Waals surface area (Å²) in [6.45, 7) is 10.7. The van der Waals surface area contributed by atoms with Crippen molar-refractivity contribution in [2.45, 2.75) is 52.6 Å². The van der Waals surface area contributed by atoms with E-state index in [9.17, 15) is 4.79 Å². The molecule has 2 nitrogen and oxygen atoms in total. The van der Waals surface area contributed by atoms with E-state index in [0.29, 0.717) is 5.92 Å². The van der Waals surface area contributed by atoms with Crippen LogP contribution >= 0.6 is 0 Å². The van der Waals surface area contributed by atoms with Gasteiger partial charge in [0.25, 0.3) is 0 Å². The molecular formula is C21H26O2. The number of esters is 1. The number of fused-ring (bicyclic) bond motifs is 4. The quantitative estimate of drug-likeness (QED) is 0.600. The van der Waals surface area contributed by atoms with Gasteiger partial charge in [-0.1, -0.05) is 51.6 Å². The van der Waals surface area contributed by atoms with Crippen LogP contribution in [0.4, 0.5) is 0 Å². The Balaban J connectivity index is 1.82. The number of hydrogen-bond donors (Lipinski definition) is 0. The molecule has 122 valence electrons. The van der Waals surface area contributed by atoms with Gasteiger partial charge in [0.2, 0.25) is 0 Å². The standard InChI is InChI=1S/C21H26O2/c1-5-17(22)23-18-20(4)11-10-16(19(20,2)3)21(18)12-14-8-6-7-9-15(14)13-21/h5-9,16,18H,1,10-13H2,2-4H3/t16-,18+,20-/m0/s1. The van der Waals surface area contributed by atoms with Gasteiger partial charge >= 0.3 is 5.97 Å². The second-order valence-corrected chi connectivity index (χ2v) is 8.61. The highest BCUT2D eigenvalue weighted by atomic mass is 16.5. The van der Waals surface area contributed by atoms with E-state index in [0.717, 1.165) is 19.3 Å². The Bertz CT molecular complexity index is 662. The summed E-state index contributed by atoms with van der Waals surface area (Å²) in [4.78, 5) is 12.1. The molecular weight excluding hydrogens is 284 g/mol. The van der Waals surface area contributed by atoms with Crippen molar-refractivity contribution in [2.75, 3.05) is 0 Å². The van der Waals surface area contributed by atoms with E-state index in [2.05, 4.69) is 51.6 Å². The fraction of sp³-hybridized carbons (Fsp3) is 0.571. The number of hydrogen-bond acceptors (Lipinski definition) is 2. The molecule has 3 aliphatic carbocycles. The highest BCUT2D eigenvalue weighted by molar-refractivity contribution is 5.81. The summed E-state index contributed by atoms with van der Waals surface area (Å²) in [5.74, 6) is 0.338. The molecule has 0 N–H and O–H groups in total. The second-order valence-electron chi connectivity index (χ2n) is 8.61. The molecule has 2 bridgehead atoms. The van der Waals surface area contributed by atoms with E-state index in [1.807, 2.05) is 0 Å². The molecule has 2 saturated carbocycles. The average Bonchev–Trinajstić information content (AvgIpc) is 3.04. The van der Waals surface area contributed by atoms with Crippen LogP contribution in [0, 0.1) is 22.2 Å². The van der Waals surface area contributed by atoms with Crippen LogP contribution < -0.4 is 0 Å². The van der Waals surface area contributed by atoms with Crippen LogP contribution in [-0.2, 0) is 22.4 Å². The molecule has 0 aliphatic heterocycles. The smallest absolute Gasteiger partial charge is 0.330 e. The van der Waals surface area contributed by atoms with E-state index in [4.69, 9.17) is 4.74 Å². The van der Waals surface area contributed by atoms with Crippen LogP contribution in [0.5, 0.6) is 0 Å². The molecule has 0 saturated heterocycles. The third-order valence-electron chi connectivity index (χ3n) is 7.65. The molecule has 3 aliphatic rings. The van der Waals surface area contributed by atoms with Crippen molar-refractivity contribution in [2.24, 2.45) is 22.2 Å². The molecule has 1 spiro atoms. The van der Waals surface area contributed by atoms with Crippen molar-refractivity contribution in [3.05, 3.63) is 48.0 Å². The van der Waals surface area contributed by atoms with Gasteiger partial charge in [0, 0.05) is 16.9 Å². The van der Waals surface area contributed by atoms with Gasteiger partial charge in [0.1, 0.15) is 6.10 Å². The summed E-state index contributed by atoms with van der Waals surface area (Å²) < 4.78 is 6.05. The number of carbonyl (C=O) groups is 1. The Morgan fingerprint density at radius 2 is 1.83 bits per heavy atom. The maximum atomic E-state index is 12.1. The minimum atomic E-state index is -0.269. The SMILES string of the molecule is C=CC(=O)O[C@H]1C2(Cc3ccccc3C2)[C@H]2CC[C@]1(C)C2(C)C. The number of ether oxygens (including phenoxy) is 1. The van der Waals surface area contributed by atoms with Crippen molar-refractivity contribution in [3.8, 4) is 0 Å². The van der Waals surface area contributed by atoms with Gasteiger partial charge in [-0.05, 0) is 48.1 Å². The predicted octanol–water partition coefficient (Wildman–Crippen LogP) is 4.33. The van der Waals surface area contributed by atoms with Crippen LogP contribution in [0.1, 0.15) is 44.7 Å². The highest BCUT2D eigenvalue weighted by Gasteiger charge is 2.74. The minimum absolute atomic E-state index is 0.0124. The van der Waals surface area contributed by atoms with Crippen LogP contribution in [0.3, 0.4) is 0 Å². The third kappa shape index (κ3) is 1.67. The number of rotatable bonds is 2. The fourth-order valence-corrected chi connectivity index (χ4v) is 6.34. The van der Waals surface area contributed by atoms with Crippen molar-refractivity contribution in [3.63, 3.8) is 0 Å². The van der Waals surface area contributed by atoms with Crippen LogP contribution in [0.25, 0.3) is 0 Å². The lowest BCUT2D eigenvalue weighted by Crippen LogP contribution is -2.47. The van der Waals surface area contributed by atoms with Gasteiger partial charge in [-0.2, -0.15) is 0 Å². The van der Waals surface area contributed by atoms with E-state index in [-0.39, 0.29) is 28.3 Å². The summed E-state index contributed by atoms with van der Waals surface area (Å²) in [7, 11) is 0. The number of benzene rings is 1. The number of carbonyl (C=O) groups excluding carboxylic acids is 1. The van der Waals surface area contributed by atoms with Gasteiger partial charge in [-0.25, -0.2) is 4.79 Å². The van der Waals surface area contributed by atoms with E-state index < -0.39 is 0 Å². The first kappa shape index (κ1) is 15.0. The molecule has 23 heavy (non-hydrogen) atoms. The Hall–Kier alpha value is -1.57. The summed E-state index contributed by atoms with van der Waals surface area (Å²) in [6, 6.07) is 8.75. The zero-order chi connectivity index (χ0) is 16.5. The molecule has 3 atom stereocenters. The van der Waals surface area contributed by atoms with Crippen LogP contribution in [0.15, 0.2) is 36.9 Å². The zero-order valence-electron chi connectivity index (χ0n) is 14.4. The lowest BCUT2D eigenvalue weighted by molar-refractivity contribution is -0.161. The van der Waals surface area contributed by atoms with Gasteiger partial charge < -0.3 is 4.74 Å². The van der Waals surface area contributed by atoms with Gasteiger partial charge in [-0.15, -0.1) is 0 Å². The molecule has 4 rings (SSSR count). The van der Waals surface area contributed by atoms with Crippen LogP contribution in [0.2, 0.25) is 0 Å². The third-order valence-corrected chi connectivity index (χ3v) is 7.65. The maximum absolute atomic E-state index is 12.1. The molecule has 2 fully saturated rings. The van der Waals surface area contributed by atoms with E-state index in [1.165, 1.54) is 23.6 Å². The predicted molar refractivity (Wildman–Crippen MR) is 91.0 cm³/mol. The Morgan fingerprint density at radius 3 is 2.39 bits per heavy atom. The summed E-state index contributed by atoms with van der Waals surface area (Å²) in [5.41, 5.74) is 3.21. The van der Waals surface area contributed by atoms with Gasteiger partial charge in [0.15, 0.2) is 0 Å². The normalized spacial score (nSPS) is 35.3. The summed E-state index contributed by atoms with van der Waals surface area (Å²) in [6.07, 6.45) is 5.79. The first-order valence-electron chi connectivity index (χ1n) is 8.75. The Morgan fingerprint density at radius 1 is 1.22 bits per heavy atom. The van der Waals surface area contributed by atoms with Crippen molar-refractivity contribution < 1.29 is 9.53 Å². The molecule has 1 aromatic carbocycles. The van der Waals surface area contributed by atoms with Crippen LogP contribution in [-0.4, -0.2) is 12.1 Å². The summed E-state index contributed by atoms with van der Waals surface area (Å²) >= 11 is 0. The van der Waals surface area contributed by atoms with E-state index in [1.54, 1.807) is 0 Å². The first-order valence-corrected chi connectivity index (χ1v) is 8.75. The van der Waals surface area contributed by atoms with E-state index >= 15 is 0 Å². The van der Waals surface area contributed by atoms with Gasteiger partial charge in [0.05, 0.1) is 0 Å². The van der Waals surface area contributed by atoms with Crippen molar-refractivity contribution in [1.29, 1.82) is 0 Å². The molecule has 0 unspecified atom stereocenters. The molecule has 0 aromatic heterocycles. The molecule has 1 aromatic rings.